The van der Waals surface area contributed by atoms with Crippen molar-refractivity contribution in [3.05, 3.63) is 12.2 Å². The lowest BCUT2D eigenvalue weighted by atomic mass is 10.2. The summed E-state index contributed by atoms with van der Waals surface area (Å²) in [6, 6.07) is -0.810. The largest absolute Gasteiger partial charge is 0.480 e. The molecule has 0 aromatic heterocycles. The number of hydrogen-bond donors (Lipinski definition) is 2. The van der Waals surface area contributed by atoms with E-state index in [1.54, 1.807) is 23.9 Å². The fourth-order valence-corrected chi connectivity index (χ4v) is 1.34. The summed E-state index contributed by atoms with van der Waals surface area (Å²) in [6.45, 7) is 1.81. The number of rotatable bonds is 7. The molecule has 0 aromatic carbocycles. The summed E-state index contributed by atoms with van der Waals surface area (Å²) < 4.78 is 0. The number of aliphatic carboxylic acids is 1. The first-order valence-electron chi connectivity index (χ1n) is 4.74. The van der Waals surface area contributed by atoms with Crippen LogP contribution in [-0.4, -0.2) is 35.0 Å². The summed E-state index contributed by atoms with van der Waals surface area (Å²) in [6.07, 6.45) is 6.09. The molecule has 0 aliphatic rings. The normalized spacial score (nSPS) is 12.7. The van der Waals surface area contributed by atoms with Gasteiger partial charge in [-0.2, -0.15) is 11.8 Å². The minimum atomic E-state index is -0.995. The van der Waals surface area contributed by atoms with Crippen LogP contribution in [0, 0.1) is 0 Å². The Balaban J connectivity index is 4.04. The highest BCUT2D eigenvalue weighted by atomic mass is 32.2. The molecule has 1 atom stereocenters. The van der Waals surface area contributed by atoms with Gasteiger partial charge in [0.25, 0.3) is 0 Å². The Morgan fingerprint density at radius 3 is 2.67 bits per heavy atom. The fourth-order valence-electron chi connectivity index (χ4n) is 0.955. The molecule has 1 amide bonds. The van der Waals surface area contributed by atoms with E-state index in [0.29, 0.717) is 18.6 Å². The maximum absolute atomic E-state index is 11.3. The molecule has 0 saturated carbocycles. The molecular formula is C10H17NO3S. The van der Waals surface area contributed by atoms with E-state index in [0.717, 1.165) is 0 Å². The van der Waals surface area contributed by atoms with E-state index >= 15 is 0 Å². The number of carbonyl (C=O) groups is 2. The van der Waals surface area contributed by atoms with Crippen LogP contribution in [-0.2, 0) is 9.59 Å². The van der Waals surface area contributed by atoms with Crippen LogP contribution in [0.1, 0.15) is 19.8 Å². The van der Waals surface area contributed by atoms with Crippen molar-refractivity contribution in [2.75, 3.05) is 12.0 Å². The van der Waals surface area contributed by atoms with Crippen molar-refractivity contribution in [3.63, 3.8) is 0 Å². The maximum atomic E-state index is 11.3. The van der Waals surface area contributed by atoms with Gasteiger partial charge in [-0.05, 0) is 19.6 Å². The topological polar surface area (TPSA) is 66.4 Å². The molecule has 1 unspecified atom stereocenters. The van der Waals surface area contributed by atoms with E-state index in [1.807, 2.05) is 13.2 Å². The number of hydrogen-bond acceptors (Lipinski definition) is 3. The second kappa shape index (κ2) is 8.35. The van der Waals surface area contributed by atoms with Crippen LogP contribution in [0.3, 0.4) is 0 Å². The molecule has 0 radical (unpaired) electrons. The molecule has 2 N–H and O–H groups in total. The average molecular weight is 231 g/mol. The summed E-state index contributed by atoms with van der Waals surface area (Å²) in [5, 5.41) is 11.3. The summed E-state index contributed by atoms with van der Waals surface area (Å²) in [7, 11) is 0. The third-order valence-electron chi connectivity index (χ3n) is 1.77. The van der Waals surface area contributed by atoms with E-state index < -0.39 is 12.0 Å². The third kappa shape index (κ3) is 7.02. The van der Waals surface area contributed by atoms with Crippen LogP contribution in [0.4, 0.5) is 0 Å². The summed E-state index contributed by atoms with van der Waals surface area (Å²) in [4.78, 5) is 22.0. The molecule has 0 spiro atoms. The van der Waals surface area contributed by atoms with Crippen LogP contribution < -0.4 is 5.32 Å². The van der Waals surface area contributed by atoms with Gasteiger partial charge >= 0.3 is 5.97 Å². The quantitative estimate of drug-likeness (QED) is 0.648. The van der Waals surface area contributed by atoms with Crippen molar-refractivity contribution in [2.45, 2.75) is 25.8 Å². The Hall–Kier alpha value is -0.970. The van der Waals surface area contributed by atoms with Gasteiger partial charge in [-0.1, -0.05) is 12.2 Å². The van der Waals surface area contributed by atoms with Gasteiger partial charge in [-0.15, -0.1) is 0 Å². The van der Waals surface area contributed by atoms with Gasteiger partial charge in [0.05, 0.1) is 0 Å². The van der Waals surface area contributed by atoms with Crippen LogP contribution in [0.15, 0.2) is 12.2 Å². The predicted octanol–water partition coefficient (Wildman–Crippen LogP) is 1.28. The van der Waals surface area contributed by atoms with Crippen LogP contribution in [0.25, 0.3) is 0 Å². The minimum Gasteiger partial charge on any atom is -0.480 e. The molecule has 0 aliphatic heterocycles. The lowest BCUT2D eigenvalue weighted by Crippen LogP contribution is -2.40. The van der Waals surface area contributed by atoms with Crippen LogP contribution >= 0.6 is 11.8 Å². The predicted molar refractivity (Wildman–Crippen MR) is 62.0 cm³/mol. The Kier molecular flexibility index (Phi) is 7.81. The highest BCUT2D eigenvalue weighted by Crippen LogP contribution is 1.98. The van der Waals surface area contributed by atoms with Gasteiger partial charge in [0, 0.05) is 12.2 Å². The molecule has 0 aromatic rings. The Labute approximate surface area is 94.1 Å². The Bertz CT molecular complexity index is 241. The molecule has 0 fully saturated rings. The molecule has 0 aliphatic carbocycles. The molecule has 0 heterocycles. The molecular weight excluding hydrogens is 214 g/mol. The van der Waals surface area contributed by atoms with Gasteiger partial charge < -0.3 is 10.4 Å². The van der Waals surface area contributed by atoms with Crippen molar-refractivity contribution in [1.29, 1.82) is 0 Å². The third-order valence-corrected chi connectivity index (χ3v) is 2.39. The second-order valence-electron chi connectivity index (χ2n) is 3.01. The number of carboxylic acids is 1. The number of allylic oxidation sites excluding steroid dienone is 1. The van der Waals surface area contributed by atoms with Crippen molar-refractivity contribution < 1.29 is 14.7 Å². The van der Waals surface area contributed by atoms with E-state index in [1.165, 1.54) is 0 Å². The van der Waals surface area contributed by atoms with Gasteiger partial charge in [0.2, 0.25) is 5.91 Å². The van der Waals surface area contributed by atoms with E-state index in [-0.39, 0.29) is 5.91 Å². The van der Waals surface area contributed by atoms with Crippen molar-refractivity contribution in [3.8, 4) is 0 Å². The van der Waals surface area contributed by atoms with Crippen molar-refractivity contribution in [1.82, 2.24) is 5.32 Å². The number of carboxylic acid groups (broad SMARTS) is 1. The zero-order valence-corrected chi connectivity index (χ0v) is 9.84. The maximum Gasteiger partial charge on any atom is 0.326 e. The lowest BCUT2D eigenvalue weighted by molar-refractivity contribution is -0.141. The number of thioether (sulfide) groups is 1. The Morgan fingerprint density at radius 2 is 2.20 bits per heavy atom. The smallest absolute Gasteiger partial charge is 0.326 e. The summed E-state index contributed by atoms with van der Waals surface area (Å²) >= 11 is 1.56. The molecule has 0 bridgehead atoms. The zero-order chi connectivity index (χ0) is 11.7. The average Bonchev–Trinajstić information content (AvgIpc) is 2.20. The number of amides is 1. The fraction of sp³-hybridized carbons (Fsp3) is 0.600. The molecule has 0 saturated heterocycles. The second-order valence-corrected chi connectivity index (χ2v) is 3.99. The SMILES string of the molecule is C/C=C/CC(NC(=O)CCSC)C(=O)O. The monoisotopic (exact) mass is 231 g/mol. The number of carbonyl (C=O) groups excluding carboxylic acids is 1. The standard InChI is InChI=1S/C10H17NO3S/c1-3-4-5-8(10(13)14)11-9(12)6-7-15-2/h3-4,8H,5-7H2,1-2H3,(H,11,12)(H,13,14)/b4-3+. The highest BCUT2D eigenvalue weighted by Gasteiger charge is 2.17. The highest BCUT2D eigenvalue weighted by molar-refractivity contribution is 7.98. The van der Waals surface area contributed by atoms with Crippen LogP contribution in [0.5, 0.6) is 0 Å². The van der Waals surface area contributed by atoms with Crippen molar-refractivity contribution in [2.24, 2.45) is 0 Å². The molecule has 15 heavy (non-hydrogen) atoms. The summed E-state index contributed by atoms with van der Waals surface area (Å²) in [5.41, 5.74) is 0. The molecule has 4 nitrogen and oxygen atoms in total. The molecule has 0 rings (SSSR count). The first-order valence-corrected chi connectivity index (χ1v) is 6.13. The van der Waals surface area contributed by atoms with Gasteiger partial charge in [0.15, 0.2) is 0 Å². The first-order chi connectivity index (χ1) is 7.11. The van der Waals surface area contributed by atoms with Gasteiger partial charge in [0.1, 0.15) is 6.04 Å². The van der Waals surface area contributed by atoms with Crippen LogP contribution in [0.2, 0.25) is 0 Å². The Morgan fingerprint density at radius 1 is 1.53 bits per heavy atom. The zero-order valence-electron chi connectivity index (χ0n) is 9.03. The van der Waals surface area contributed by atoms with E-state index in [9.17, 15) is 9.59 Å². The van der Waals surface area contributed by atoms with E-state index in [4.69, 9.17) is 5.11 Å². The van der Waals surface area contributed by atoms with E-state index in [2.05, 4.69) is 5.32 Å². The van der Waals surface area contributed by atoms with Gasteiger partial charge in [-0.25, -0.2) is 4.79 Å². The first kappa shape index (κ1) is 14.0. The molecule has 86 valence electrons. The molecule has 5 heteroatoms. The number of nitrogens with one attached hydrogen (secondary N) is 1. The van der Waals surface area contributed by atoms with Crippen molar-refractivity contribution >= 4 is 23.6 Å². The summed E-state index contributed by atoms with van der Waals surface area (Å²) in [5.74, 6) is -0.492. The minimum absolute atomic E-state index is 0.207. The lowest BCUT2D eigenvalue weighted by Gasteiger charge is -2.12. The van der Waals surface area contributed by atoms with Gasteiger partial charge in [-0.3, -0.25) is 4.79 Å².